The van der Waals surface area contributed by atoms with Gasteiger partial charge in [-0.15, -0.1) is 23.5 Å². The van der Waals surface area contributed by atoms with Crippen molar-refractivity contribution in [1.82, 2.24) is 4.98 Å². The fraction of sp³-hybridized carbons (Fsp3) is 0.154. The lowest BCUT2D eigenvalue weighted by molar-refractivity contribution is 1.13. The average molecular weight is 262 g/mol. The van der Waals surface area contributed by atoms with Gasteiger partial charge < -0.3 is 5.73 Å². The summed E-state index contributed by atoms with van der Waals surface area (Å²) in [6.07, 6.45) is 3.78. The molecule has 0 amide bonds. The predicted octanol–water partition coefficient (Wildman–Crippen LogP) is 3.68. The standard InChI is InChI=1S/C13H14N2S2/c1-16-12-5-2-10(3-6-12)9-17-13-7-4-11(14)8-15-13/h2-8H,9,14H2,1H3. The molecule has 17 heavy (non-hydrogen) atoms. The van der Waals surface area contributed by atoms with Crippen molar-refractivity contribution in [3.8, 4) is 0 Å². The smallest absolute Gasteiger partial charge is 0.0964 e. The highest BCUT2D eigenvalue weighted by atomic mass is 32.2. The monoisotopic (exact) mass is 262 g/mol. The second kappa shape index (κ2) is 5.98. The van der Waals surface area contributed by atoms with Gasteiger partial charge in [0.1, 0.15) is 0 Å². The van der Waals surface area contributed by atoms with Crippen molar-refractivity contribution in [1.29, 1.82) is 0 Å². The van der Waals surface area contributed by atoms with E-state index in [0.29, 0.717) is 5.69 Å². The maximum absolute atomic E-state index is 5.59. The Morgan fingerprint density at radius 1 is 1.12 bits per heavy atom. The minimum atomic E-state index is 0.707. The quantitative estimate of drug-likeness (QED) is 0.853. The molecule has 0 aliphatic rings. The van der Waals surface area contributed by atoms with Gasteiger partial charge in [-0.3, -0.25) is 0 Å². The summed E-state index contributed by atoms with van der Waals surface area (Å²) >= 11 is 3.48. The molecule has 0 saturated heterocycles. The van der Waals surface area contributed by atoms with Gasteiger partial charge in [0, 0.05) is 10.6 Å². The summed E-state index contributed by atoms with van der Waals surface area (Å²) in [5.41, 5.74) is 7.61. The number of benzene rings is 1. The summed E-state index contributed by atoms with van der Waals surface area (Å²) in [4.78, 5) is 5.56. The van der Waals surface area contributed by atoms with Gasteiger partial charge in [0.05, 0.1) is 16.9 Å². The molecule has 0 radical (unpaired) electrons. The van der Waals surface area contributed by atoms with E-state index < -0.39 is 0 Å². The number of rotatable bonds is 4. The van der Waals surface area contributed by atoms with Crippen LogP contribution in [-0.4, -0.2) is 11.2 Å². The zero-order chi connectivity index (χ0) is 12.1. The van der Waals surface area contributed by atoms with E-state index in [4.69, 9.17) is 5.73 Å². The van der Waals surface area contributed by atoms with Gasteiger partial charge in [0.2, 0.25) is 0 Å². The van der Waals surface area contributed by atoms with E-state index >= 15 is 0 Å². The zero-order valence-electron chi connectivity index (χ0n) is 9.59. The summed E-state index contributed by atoms with van der Waals surface area (Å²) in [6.45, 7) is 0. The summed E-state index contributed by atoms with van der Waals surface area (Å²) in [5, 5.41) is 1.01. The Hall–Kier alpha value is -1.13. The van der Waals surface area contributed by atoms with Crippen LogP contribution in [0.4, 0.5) is 5.69 Å². The molecule has 0 saturated carbocycles. The molecular formula is C13H14N2S2. The lowest BCUT2D eigenvalue weighted by Gasteiger charge is -2.03. The van der Waals surface area contributed by atoms with Crippen molar-refractivity contribution in [3.63, 3.8) is 0 Å². The van der Waals surface area contributed by atoms with Crippen LogP contribution in [0.2, 0.25) is 0 Å². The van der Waals surface area contributed by atoms with Gasteiger partial charge in [-0.25, -0.2) is 4.98 Å². The first-order valence-corrected chi connectivity index (χ1v) is 7.46. The molecule has 1 heterocycles. The Morgan fingerprint density at radius 3 is 2.47 bits per heavy atom. The molecule has 88 valence electrons. The van der Waals surface area contributed by atoms with E-state index in [9.17, 15) is 0 Å². The van der Waals surface area contributed by atoms with Crippen LogP contribution < -0.4 is 5.73 Å². The molecule has 0 spiro atoms. The van der Waals surface area contributed by atoms with E-state index in [2.05, 4.69) is 35.5 Å². The normalized spacial score (nSPS) is 10.4. The molecule has 0 aliphatic heterocycles. The molecule has 0 bridgehead atoms. The number of thioether (sulfide) groups is 2. The first-order chi connectivity index (χ1) is 8.28. The van der Waals surface area contributed by atoms with Gasteiger partial charge in [-0.1, -0.05) is 12.1 Å². The molecule has 2 rings (SSSR count). The largest absolute Gasteiger partial charge is 0.397 e. The minimum absolute atomic E-state index is 0.707. The lowest BCUT2D eigenvalue weighted by Crippen LogP contribution is -1.87. The minimum Gasteiger partial charge on any atom is -0.397 e. The molecule has 1 aromatic carbocycles. The number of nitrogen functional groups attached to an aromatic ring is 1. The SMILES string of the molecule is CSc1ccc(CSc2ccc(N)cn2)cc1. The number of hydrogen-bond acceptors (Lipinski definition) is 4. The third-order valence-electron chi connectivity index (χ3n) is 2.30. The fourth-order valence-corrected chi connectivity index (χ4v) is 2.56. The van der Waals surface area contributed by atoms with E-state index in [1.807, 2.05) is 12.1 Å². The highest BCUT2D eigenvalue weighted by Gasteiger charge is 1.98. The van der Waals surface area contributed by atoms with Crippen molar-refractivity contribution >= 4 is 29.2 Å². The maximum atomic E-state index is 5.59. The highest BCUT2D eigenvalue weighted by Crippen LogP contribution is 2.22. The molecule has 1 aromatic heterocycles. The van der Waals surface area contributed by atoms with Gasteiger partial charge >= 0.3 is 0 Å². The molecule has 0 unspecified atom stereocenters. The molecule has 2 aromatic rings. The van der Waals surface area contributed by atoms with Crippen molar-refractivity contribution in [2.24, 2.45) is 0 Å². The van der Waals surface area contributed by atoms with Gasteiger partial charge in [0.15, 0.2) is 0 Å². The highest BCUT2D eigenvalue weighted by molar-refractivity contribution is 7.98. The van der Waals surface area contributed by atoms with Crippen LogP contribution in [0, 0.1) is 0 Å². The molecule has 4 heteroatoms. The van der Waals surface area contributed by atoms with Crippen LogP contribution in [0.5, 0.6) is 0 Å². The molecule has 2 nitrogen and oxygen atoms in total. The summed E-state index contributed by atoms with van der Waals surface area (Å²) in [6, 6.07) is 12.5. The number of nitrogens with two attached hydrogens (primary N) is 1. The second-order valence-electron chi connectivity index (χ2n) is 3.57. The third kappa shape index (κ3) is 3.68. The fourth-order valence-electron chi connectivity index (χ4n) is 1.36. The van der Waals surface area contributed by atoms with Crippen LogP contribution in [0.15, 0.2) is 52.5 Å². The Kier molecular flexibility index (Phi) is 4.34. The van der Waals surface area contributed by atoms with E-state index in [1.54, 1.807) is 29.7 Å². The summed E-state index contributed by atoms with van der Waals surface area (Å²) in [7, 11) is 0. The van der Waals surface area contributed by atoms with Crippen LogP contribution >= 0.6 is 23.5 Å². The van der Waals surface area contributed by atoms with Crippen LogP contribution in [0.1, 0.15) is 5.56 Å². The van der Waals surface area contributed by atoms with Crippen molar-refractivity contribution in [2.75, 3.05) is 12.0 Å². The number of aromatic nitrogens is 1. The Bertz CT molecular complexity index is 466. The Balaban J connectivity index is 1.95. The number of anilines is 1. The average Bonchev–Trinajstić information content (AvgIpc) is 2.39. The lowest BCUT2D eigenvalue weighted by atomic mass is 10.2. The van der Waals surface area contributed by atoms with Crippen LogP contribution in [0.3, 0.4) is 0 Å². The Morgan fingerprint density at radius 2 is 1.88 bits per heavy atom. The molecule has 2 N–H and O–H groups in total. The summed E-state index contributed by atoms with van der Waals surface area (Å²) < 4.78 is 0. The van der Waals surface area contributed by atoms with Crippen molar-refractivity contribution in [2.45, 2.75) is 15.7 Å². The van der Waals surface area contributed by atoms with Crippen LogP contribution in [-0.2, 0) is 5.75 Å². The van der Waals surface area contributed by atoms with Gasteiger partial charge in [0.25, 0.3) is 0 Å². The first kappa shape index (κ1) is 12.3. The Labute approximate surface area is 110 Å². The second-order valence-corrected chi connectivity index (χ2v) is 5.44. The number of pyridine rings is 1. The molecular weight excluding hydrogens is 248 g/mol. The first-order valence-electron chi connectivity index (χ1n) is 5.25. The maximum Gasteiger partial charge on any atom is 0.0964 e. The van der Waals surface area contributed by atoms with Crippen molar-refractivity contribution in [3.05, 3.63) is 48.2 Å². The number of hydrogen-bond donors (Lipinski definition) is 1. The van der Waals surface area contributed by atoms with Crippen molar-refractivity contribution < 1.29 is 0 Å². The predicted molar refractivity (Wildman–Crippen MR) is 76.4 cm³/mol. The summed E-state index contributed by atoms with van der Waals surface area (Å²) in [5.74, 6) is 0.936. The van der Waals surface area contributed by atoms with E-state index in [1.165, 1.54) is 10.5 Å². The molecule has 0 fully saturated rings. The van der Waals surface area contributed by atoms with E-state index in [-0.39, 0.29) is 0 Å². The zero-order valence-corrected chi connectivity index (χ0v) is 11.2. The number of nitrogens with zero attached hydrogens (tertiary/aromatic N) is 1. The topological polar surface area (TPSA) is 38.9 Å². The molecule has 0 aliphatic carbocycles. The van der Waals surface area contributed by atoms with E-state index in [0.717, 1.165) is 10.8 Å². The van der Waals surface area contributed by atoms with Gasteiger partial charge in [-0.2, -0.15) is 0 Å². The molecule has 0 atom stereocenters. The third-order valence-corrected chi connectivity index (χ3v) is 4.06. The van der Waals surface area contributed by atoms with Crippen LogP contribution in [0.25, 0.3) is 0 Å². The van der Waals surface area contributed by atoms with Gasteiger partial charge in [-0.05, 0) is 36.1 Å².